The molecule has 0 heterocycles. The van der Waals surface area contributed by atoms with E-state index >= 15 is 0 Å². The first-order valence-electron chi connectivity index (χ1n) is 7.14. The molecule has 1 N–H and O–H groups in total. The van der Waals surface area contributed by atoms with Gasteiger partial charge in [-0.1, -0.05) is 25.4 Å². The maximum atomic E-state index is 12.2. The van der Waals surface area contributed by atoms with Crippen LogP contribution >= 0.6 is 11.6 Å². The Hall–Kier alpha value is -1.75. The minimum Gasteiger partial charge on any atom is -0.481 e. The average molecular weight is 328 g/mol. The molecule has 2 atom stereocenters. The Morgan fingerprint density at radius 1 is 1.18 bits per heavy atom. The van der Waals surface area contributed by atoms with Crippen molar-refractivity contribution in [3.8, 4) is 5.75 Å². The molecule has 1 aromatic rings. The maximum absolute atomic E-state index is 12.2. The summed E-state index contributed by atoms with van der Waals surface area (Å²) in [7, 11) is 1.30. The van der Waals surface area contributed by atoms with Crippen LogP contribution in [0.5, 0.6) is 5.75 Å². The largest absolute Gasteiger partial charge is 0.481 e. The smallest absolute Gasteiger partial charge is 0.328 e. The summed E-state index contributed by atoms with van der Waals surface area (Å²) >= 11 is 5.79. The molecule has 0 aliphatic carbocycles. The number of nitrogens with one attached hydrogen (secondary N) is 1. The summed E-state index contributed by atoms with van der Waals surface area (Å²) in [6.45, 7) is 5.55. The van der Waals surface area contributed by atoms with Crippen LogP contribution in [-0.2, 0) is 14.3 Å². The molecule has 1 rings (SSSR count). The molecule has 0 radical (unpaired) electrons. The number of amides is 1. The van der Waals surface area contributed by atoms with Crippen molar-refractivity contribution in [2.45, 2.75) is 39.3 Å². The number of methoxy groups -OCH3 is 1. The predicted octanol–water partition coefficient (Wildman–Crippen LogP) is 2.81. The van der Waals surface area contributed by atoms with Gasteiger partial charge >= 0.3 is 5.97 Å². The Morgan fingerprint density at radius 3 is 2.27 bits per heavy atom. The second-order valence-electron chi connectivity index (χ2n) is 5.43. The highest BCUT2D eigenvalue weighted by atomic mass is 35.5. The lowest BCUT2D eigenvalue weighted by atomic mass is 10.0. The van der Waals surface area contributed by atoms with E-state index < -0.39 is 18.1 Å². The SMILES string of the molecule is COC(=O)C(CC(C)C)NC(=O)C(C)Oc1ccc(Cl)cc1. The summed E-state index contributed by atoms with van der Waals surface area (Å²) in [5.41, 5.74) is 0. The van der Waals surface area contributed by atoms with Crippen molar-refractivity contribution in [2.75, 3.05) is 7.11 Å². The Kier molecular flexibility index (Phi) is 7.18. The molecular formula is C16H22ClNO4. The molecule has 5 nitrogen and oxygen atoms in total. The lowest BCUT2D eigenvalue weighted by molar-refractivity contribution is -0.146. The Morgan fingerprint density at radius 2 is 1.77 bits per heavy atom. The van der Waals surface area contributed by atoms with Crippen LogP contribution in [0.2, 0.25) is 5.02 Å². The molecule has 6 heteroatoms. The first-order valence-corrected chi connectivity index (χ1v) is 7.51. The predicted molar refractivity (Wildman–Crippen MR) is 84.9 cm³/mol. The van der Waals surface area contributed by atoms with E-state index in [0.717, 1.165) is 0 Å². The molecule has 0 fully saturated rings. The van der Waals surface area contributed by atoms with Crippen molar-refractivity contribution in [3.63, 3.8) is 0 Å². The number of rotatable bonds is 7. The molecule has 1 amide bonds. The zero-order valence-electron chi connectivity index (χ0n) is 13.3. The Balaban J connectivity index is 2.64. The second-order valence-corrected chi connectivity index (χ2v) is 5.86. The normalized spacial score (nSPS) is 13.4. The minimum absolute atomic E-state index is 0.247. The van der Waals surface area contributed by atoms with Crippen LogP contribution in [0.1, 0.15) is 27.2 Å². The van der Waals surface area contributed by atoms with Crippen molar-refractivity contribution >= 4 is 23.5 Å². The van der Waals surface area contributed by atoms with Gasteiger partial charge in [0.25, 0.3) is 5.91 Å². The van der Waals surface area contributed by atoms with E-state index in [4.69, 9.17) is 21.1 Å². The van der Waals surface area contributed by atoms with Gasteiger partial charge in [-0.25, -0.2) is 4.79 Å². The number of hydrogen-bond donors (Lipinski definition) is 1. The second kappa shape index (κ2) is 8.63. The average Bonchev–Trinajstić information content (AvgIpc) is 2.47. The first-order chi connectivity index (χ1) is 10.3. The summed E-state index contributed by atoms with van der Waals surface area (Å²) < 4.78 is 10.2. The van der Waals surface area contributed by atoms with Crippen LogP contribution in [-0.4, -0.2) is 31.1 Å². The quantitative estimate of drug-likeness (QED) is 0.782. The van der Waals surface area contributed by atoms with E-state index in [1.54, 1.807) is 31.2 Å². The third kappa shape index (κ3) is 5.93. The van der Waals surface area contributed by atoms with Gasteiger partial charge in [0.1, 0.15) is 11.8 Å². The van der Waals surface area contributed by atoms with E-state index in [2.05, 4.69) is 5.32 Å². The zero-order valence-corrected chi connectivity index (χ0v) is 14.0. The van der Waals surface area contributed by atoms with Gasteiger partial charge in [0.05, 0.1) is 7.11 Å². The van der Waals surface area contributed by atoms with Crippen LogP contribution in [0.15, 0.2) is 24.3 Å². The van der Waals surface area contributed by atoms with Gasteiger partial charge in [-0.2, -0.15) is 0 Å². The van der Waals surface area contributed by atoms with Crippen molar-refractivity contribution < 1.29 is 19.1 Å². The molecule has 122 valence electrons. The molecule has 0 bridgehead atoms. The number of ether oxygens (including phenoxy) is 2. The van der Waals surface area contributed by atoms with Crippen molar-refractivity contribution in [1.82, 2.24) is 5.32 Å². The zero-order chi connectivity index (χ0) is 16.7. The van der Waals surface area contributed by atoms with Crippen LogP contribution in [0.4, 0.5) is 0 Å². The van der Waals surface area contributed by atoms with E-state index in [-0.39, 0.29) is 11.8 Å². The Labute approximate surface area is 135 Å². The van der Waals surface area contributed by atoms with E-state index in [0.29, 0.717) is 17.2 Å². The molecule has 0 spiro atoms. The highest BCUT2D eigenvalue weighted by Gasteiger charge is 2.25. The fraction of sp³-hybridized carbons (Fsp3) is 0.500. The molecular weight excluding hydrogens is 306 g/mol. The molecule has 0 saturated heterocycles. The summed E-state index contributed by atoms with van der Waals surface area (Å²) in [5, 5.41) is 3.26. The molecule has 1 aromatic carbocycles. The molecule has 22 heavy (non-hydrogen) atoms. The van der Waals surface area contributed by atoms with Crippen LogP contribution < -0.4 is 10.1 Å². The summed E-state index contributed by atoms with van der Waals surface area (Å²) in [4.78, 5) is 23.9. The number of hydrogen-bond acceptors (Lipinski definition) is 4. The molecule has 0 aromatic heterocycles. The third-order valence-electron chi connectivity index (χ3n) is 3.01. The topological polar surface area (TPSA) is 64.6 Å². The van der Waals surface area contributed by atoms with Crippen LogP contribution in [0.3, 0.4) is 0 Å². The molecule has 0 aliphatic heterocycles. The van der Waals surface area contributed by atoms with Crippen molar-refractivity contribution in [2.24, 2.45) is 5.92 Å². The van der Waals surface area contributed by atoms with Gasteiger partial charge in [0.2, 0.25) is 0 Å². The highest BCUT2D eigenvalue weighted by molar-refractivity contribution is 6.30. The van der Waals surface area contributed by atoms with Gasteiger partial charge < -0.3 is 14.8 Å². The summed E-state index contributed by atoms with van der Waals surface area (Å²) in [6.07, 6.45) is -0.230. The number of halogens is 1. The molecule has 0 aliphatic rings. The molecule has 2 unspecified atom stereocenters. The fourth-order valence-corrected chi connectivity index (χ4v) is 2.01. The maximum Gasteiger partial charge on any atom is 0.328 e. The first kappa shape index (κ1) is 18.3. The van der Waals surface area contributed by atoms with E-state index in [9.17, 15) is 9.59 Å². The highest BCUT2D eigenvalue weighted by Crippen LogP contribution is 2.17. The van der Waals surface area contributed by atoms with E-state index in [1.807, 2.05) is 13.8 Å². The lowest BCUT2D eigenvalue weighted by Crippen LogP contribution is -2.47. The number of carbonyl (C=O) groups excluding carboxylic acids is 2. The van der Waals surface area contributed by atoms with Crippen LogP contribution in [0, 0.1) is 5.92 Å². The Bertz CT molecular complexity index is 501. The van der Waals surface area contributed by atoms with Crippen molar-refractivity contribution in [1.29, 1.82) is 0 Å². The van der Waals surface area contributed by atoms with E-state index in [1.165, 1.54) is 7.11 Å². The van der Waals surface area contributed by atoms with Gasteiger partial charge in [0.15, 0.2) is 6.10 Å². The number of benzene rings is 1. The van der Waals surface area contributed by atoms with Gasteiger partial charge in [-0.15, -0.1) is 0 Å². The van der Waals surface area contributed by atoms with Gasteiger partial charge in [-0.3, -0.25) is 4.79 Å². The standard InChI is InChI=1S/C16H22ClNO4/c1-10(2)9-14(16(20)21-4)18-15(19)11(3)22-13-7-5-12(17)6-8-13/h5-8,10-11,14H,9H2,1-4H3,(H,18,19). The monoisotopic (exact) mass is 327 g/mol. The van der Waals surface area contributed by atoms with Gasteiger partial charge in [0, 0.05) is 5.02 Å². The summed E-state index contributed by atoms with van der Waals surface area (Å²) in [6, 6.07) is 6.04. The third-order valence-corrected chi connectivity index (χ3v) is 3.26. The van der Waals surface area contributed by atoms with Crippen LogP contribution in [0.25, 0.3) is 0 Å². The number of esters is 1. The lowest BCUT2D eigenvalue weighted by Gasteiger charge is -2.21. The minimum atomic E-state index is -0.736. The fourth-order valence-electron chi connectivity index (χ4n) is 1.89. The van der Waals surface area contributed by atoms with Crippen molar-refractivity contribution in [3.05, 3.63) is 29.3 Å². The summed E-state index contributed by atoms with van der Waals surface area (Å²) in [5.74, 6) is -0.0471. The van der Waals surface area contributed by atoms with Gasteiger partial charge in [-0.05, 0) is 43.5 Å². The number of carbonyl (C=O) groups is 2. The molecule has 0 saturated carbocycles.